The van der Waals surface area contributed by atoms with Crippen molar-refractivity contribution in [1.82, 2.24) is 4.98 Å². The molecule has 0 atom stereocenters. The van der Waals surface area contributed by atoms with Crippen molar-refractivity contribution in [2.24, 2.45) is 11.7 Å². The molecule has 0 bridgehead atoms. The zero-order valence-electron chi connectivity index (χ0n) is 10.7. The molecule has 5 nitrogen and oxygen atoms in total. The third kappa shape index (κ3) is 2.98. The summed E-state index contributed by atoms with van der Waals surface area (Å²) in [6.07, 6.45) is 5.64. The fourth-order valence-electron chi connectivity index (χ4n) is 2.33. The summed E-state index contributed by atoms with van der Waals surface area (Å²) in [5, 5.41) is 7.59. The maximum atomic E-state index is 7.59. The van der Waals surface area contributed by atoms with Crippen LogP contribution in [0.3, 0.4) is 0 Å². The number of hydrogen-bond acceptors (Lipinski definition) is 4. The van der Waals surface area contributed by atoms with E-state index in [0.717, 1.165) is 43.9 Å². The fourth-order valence-corrected chi connectivity index (χ4v) is 2.33. The maximum Gasteiger partial charge on any atom is 0.125 e. The first-order chi connectivity index (χ1) is 8.68. The molecule has 0 aliphatic carbocycles. The molecule has 1 aliphatic rings. The first-order valence-electron chi connectivity index (χ1n) is 6.25. The fraction of sp³-hybridized carbons (Fsp3) is 0.538. The van der Waals surface area contributed by atoms with Crippen molar-refractivity contribution >= 4 is 11.5 Å². The summed E-state index contributed by atoms with van der Waals surface area (Å²) >= 11 is 0. The second kappa shape index (κ2) is 5.82. The lowest BCUT2D eigenvalue weighted by Gasteiger charge is -2.29. The molecular weight excluding hydrogens is 228 g/mol. The van der Waals surface area contributed by atoms with Crippen LogP contribution in [0.4, 0.5) is 5.69 Å². The number of hydrogen-bond donors (Lipinski definition) is 2. The monoisotopic (exact) mass is 248 g/mol. The Morgan fingerprint density at radius 1 is 1.56 bits per heavy atom. The van der Waals surface area contributed by atoms with Crippen LogP contribution >= 0.6 is 0 Å². The second-order valence-corrected chi connectivity index (χ2v) is 4.74. The molecule has 0 spiro atoms. The highest BCUT2D eigenvalue weighted by molar-refractivity contribution is 6.00. The van der Waals surface area contributed by atoms with E-state index in [1.54, 1.807) is 18.5 Å². The minimum atomic E-state index is 0.0891. The number of pyridine rings is 1. The average molecular weight is 248 g/mol. The standard InChI is InChI=1S/C13H20N4O/c1-17(9-10-3-6-18-7-4-10)12-8-16-5-2-11(12)13(14)15/h2,5,8,10H,3-4,6-7,9H2,1H3,(H3,14,15). The Hall–Kier alpha value is -1.62. The Kier molecular flexibility index (Phi) is 4.15. The van der Waals surface area contributed by atoms with Gasteiger partial charge < -0.3 is 15.4 Å². The Morgan fingerprint density at radius 3 is 2.94 bits per heavy atom. The Balaban J connectivity index is 2.08. The van der Waals surface area contributed by atoms with Gasteiger partial charge in [-0.25, -0.2) is 0 Å². The minimum Gasteiger partial charge on any atom is -0.384 e. The molecule has 98 valence electrons. The van der Waals surface area contributed by atoms with Gasteiger partial charge in [0.05, 0.1) is 11.9 Å². The van der Waals surface area contributed by atoms with E-state index < -0.39 is 0 Å². The SMILES string of the molecule is CN(CC1CCOCC1)c1cnccc1C(=N)N. The van der Waals surface area contributed by atoms with Gasteiger partial charge >= 0.3 is 0 Å². The van der Waals surface area contributed by atoms with Crippen LogP contribution in [0.2, 0.25) is 0 Å². The molecule has 3 N–H and O–H groups in total. The van der Waals surface area contributed by atoms with E-state index in [1.807, 2.05) is 7.05 Å². The molecule has 0 unspecified atom stereocenters. The number of aromatic nitrogens is 1. The Labute approximate surface area is 107 Å². The van der Waals surface area contributed by atoms with Crippen LogP contribution in [-0.2, 0) is 4.74 Å². The number of anilines is 1. The summed E-state index contributed by atoms with van der Waals surface area (Å²) in [5.41, 5.74) is 7.27. The molecule has 0 aromatic carbocycles. The largest absolute Gasteiger partial charge is 0.384 e. The summed E-state index contributed by atoms with van der Waals surface area (Å²) in [6.45, 7) is 2.66. The van der Waals surface area contributed by atoms with E-state index in [2.05, 4.69) is 9.88 Å². The van der Waals surface area contributed by atoms with Crippen molar-refractivity contribution in [2.45, 2.75) is 12.8 Å². The molecule has 1 saturated heterocycles. The maximum absolute atomic E-state index is 7.59. The molecular formula is C13H20N4O. The van der Waals surface area contributed by atoms with Gasteiger partial charge in [-0.2, -0.15) is 0 Å². The first kappa shape index (κ1) is 12.8. The van der Waals surface area contributed by atoms with Crippen molar-refractivity contribution in [3.63, 3.8) is 0 Å². The minimum absolute atomic E-state index is 0.0891. The molecule has 0 amide bonds. The third-order valence-corrected chi connectivity index (χ3v) is 3.37. The predicted molar refractivity (Wildman–Crippen MR) is 72.1 cm³/mol. The van der Waals surface area contributed by atoms with Gasteiger partial charge in [0.15, 0.2) is 0 Å². The van der Waals surface area contributed by atoms with Gasteiger partial charge in [-0.05, 0) is 24.8 Å². The molecule has 2 heterocycles. The van der Waals surface area contributed by atoms with Crippen molar-refractivity contribution in [2.75, 3.05) is 31.7 Å². The number of nitrogen functional groups attached to an aromatic ring is 1. The van der Waals surface area contributed by atoms with E-state index in [9.17, 15) is 0 Å². The number of nitrogens with two attached hydrogens (primary N) is 1. The highest BCUT2D eigenvalue weighted by atomic mass is 16.5. The van der Waals surface area contributed by atoms with Crippen molar-refractivity contribution in [1.29, 1.82) is 5.41 Å². The first-order valence-corrected chi connectivity index (χ1v) is 6.25. The van der Waals surface area contributed by atoms with E-state index in [4.69, 9.17) is 15.9 Å². The molecule has 1 aromatic heterocycles. The Morgan fingerprint density at radius 2 is 2.28 bits per heavy atom. The van der Waals surface area contributed by atoms with Crippen LogP contribution in [-0.4, -0.2) is 37.6 Å². The van der Waals surface area contributed by atoms with Gasteiger partial charge in [-0.3, -0.25) is 10.4 Å². The highest BCUT2D eigenvalue weighted by Crippen LogP contribution is 2.22. The van der Waals surface area contributed by atoms with Crippen LogP contribution in [0.5, 0.6) is 0 Å². The predicted octanol–water partition coefficient (Wildman–Crippen LogP) is 1.23. The van der Waals surface area contributed by atoms with E-state index >= 15 is 0 Å². The van der Waals surface area contributed by atoms with Crippen LogP contribution in [0.15, 0.2) is 18.5 Å². The van der Waals surface area contributed by atoms with Gasteiger partial charge in [0, 0.05) is 38.6 Å². The molecule has 0 saturated carbocycles. The van der Waals surface area contributed by atoms with Gasteiger partial charge in [0.25, 0.3) is 0 Å². The molecule has 1 aliphatic heterocycles. The van der Waals surface area contributed by atoms with Gasteiger partial charge in [-0.1, -0.05) is 0 Å². The summed E-state index contributed by atoms with van der Waals surface area (Å²) in [5.74, 6) is 0.731. The normalized spacial score (nSPS) is 16.5. The van der Waals surface area contributed by atoms with Crippen molar-refractivity contribution in [3.8, 4) is 0 Å². The zero-order valence-corrected chi connectivity index (χ0v) is 10.7. The van der Waals surface area contributed by atoms with E-state index in [1.165, 1.54) is 0 Å². The number of ether oxygens (including phenoxy) is 1. The van der Waals surface area contributed by atoms with Crippen molar-refractivity contribution in [3.05, 3.63) is 24.0 Å². The van der Waals surface area contributed by atoms with Crippen molar-refractivity contribution < 1.29 is 4.74 Å². The molecule has 18 heavy (non-hydrogen) atoms. The molecule has 0 radical (unpaired) electrons. The van der Waals surface area contributed by atoms with E-state index in [0.29, 0.717) is 5.92 Å². The van der Waals surface area contributed by atoms with Gasteiger partial charge in [-0.15, -0.1) is 0 Å². The number of amidine groups is 1. The lowest BCUT2D eigenvalue weighted by atomic mass is 9.99. The average Bonchev–Trinajstić information content (AvgIpc) is 2.40. The number of nitrogens with one attached hydrogen (secondary N) is 1. The molecule has 1 fully saturated rings. The molecule has 5 heteroatoms. The smallest absolute Gasteiger partial charge is 0.125 e. The summed E-state index contributed by atoms with van der Waals surface area (Å²) in [6, 6.07) is 1.79. The highest BCUT2D eigenvalue weighted by Gasteiger charge is 2.18. The number of nitrogens with zero attached hydrogens (tertiary/aromatic N) is 2. The summed E-state index contributed by atoms with van der Waals surface area (Å²) in [4.78, 5) is 6.26. The second-order valence-electron chi connectivity index (χ2n) is 4.74. The third-order valence-electron chi connectivity index (χ3n) is 3.37. The van der Waals surface area contributed by atoms with Crippen LogP contribution in [0.1, 0.15) is 18.4 Å². The molecule has 1 aromatic rings. The zero-order chi connectivity index (χ0) is 13.0. The quantitative estimate of drug-likeness (QED) is 0.620. The topological polar surface area (TPSA) is 75.2 Å². The summed E-state index contributed by atoms with van der Waals surface area (Å²) in [7, 11) is 2.03. The van der Waals surface area contributed by atoms with Crippen LogP contribution in [0.25, 0.3) is 0 Å². The van der Waals surface area contributed by atoms with Crippen LogP contribution < -0.4 is 10.6 Å². The van der Waals surface area contributed by atoms with E-state index in [-0.39, 0.29) is 5.84 Å². The summed E-state index contributed by atoms with van der Waals surface area (Å²) < 4.78 is 5.36. The lowest BCUT2D eigenvalue weighted by Crippen LogP contribution is -2.31. The van der Waals surface area contributed by atoms with Gasteiger partial charge in [0.1, 0.15) is 5.84 Å². The van der Waals surface area contributed by atoms with Crippen LogP contribution in [0, 0.1) is 11.3 Å². The molecule has 2 rings (SSSR count). The lowest BCUT2D eigenvalue weighted by molar-refractivity contribution is 0.0685. The Bertz CT molecular complexity index is 415. The number of rotatable bonds is 4. The van der Waals surface area contributed by atoms with Gasteiger partial charge in [0.2, 0.25) is 0 Å².